The molecule has 1 aliphatic carbocycles. The molecule has 0 amide bonds. The van der Waals surface area contributed by atoms with Crippen LogP contribution in [0.1, 0.15) is 57.3 Å². The summed E-state index contributed by atoms with van der Waals surface area (Å²) in [6.45, 7) is 13.9. The van der Waals surface area contributed by atoms with Gasteiger partial charge in [-0.15, -0.1) is 18.1 Å². The molecule has 0 spiro atoms. The largest absolute Gasteiger partial charge is 0.559 e. The highest BCUT2D eigenvalue weighted by molar-refractivity contribution is 6.74. The van der Waals surface area contributed by atoms with Crippen LogP contribution in [0.15, 0.2) is 36.5 Å². The van der Waals surface area contributed by atoms with Crippen LogP contribution >= 0.6 is 0 Å². The molecule has 0 radical (unpaired) electrons. The van der Waals surface area contributed by atoms with Crippen LogP contribution in [0.25, 0.3) is 11.1 Å². The highest BCUT2D eigenvalue weighted by atomic mass is 28.4. The SMILES string of the molecule is CC(C)(C)[Si-](C)(C)O[C@H]1CCc2c(-c3cccnc3N3CCCC3)cccc21. The van der Waals surface area contributed by atoms with Crippen LogP contribution in [-0.4, -0.2) is 26.4 Å². The van der Waals surface area contributed by atoms with Crippen molar-refractivity contribution in [3.8, 4) is 11.1 Å². The van der Waals surface area contributed by atoms with E-state index in [1.165, 1.54) is 35.1 Å². The van der Waals surface area contributed by atoms with Crippen LogP contribution in [0, 0.1) is 0 Å². The van der Waals surface area contributed by atoms with Crippen molar-refractivity contribution in [3.05, 3.63) is 47.7 Å². The Hall–Kier alpha value is -1.65. The van der Waals surface area contributed by atoms with Gasteiger partial charge in [-0.3, -0.25) is 0 Å². The first kappa shape index (κ1) is 19.7. The summed E-state index contributed by atoms with van der Waals surface area (Å²) in [7, 11) is -1.79. The van der Waals surface area contributed by atoms with E-state index >= 15 is 0 Å². The molecule has 28 heavy (non-hydrogen) atoms. The molecule has 1 aromatic carbocycles. The van der Waals surface area contributed by atoms with Gasteiger partial charge in [0.25, 0.3) is 0 Å². The molecule has 1 aromatic heterocycles. The van der Waals surface area contributed by atoms with Crippen molar-refractivity contribution in [3.63, 3.8) is 0 Å². The van der Waals surface area contributed by atoms with Crippen LogP contribution in [0.2, 0.25) is 18.1 Å². The van der Waals surface area contributed by atoms with E-state index in [-0.39, 0.29) is 11.1 Å². The van der Waals surface area contributed by atoms with Crippen molar-refractivity contribution in [1.82, 2.24) is 4.98 Å². The van der Waals surface area contributed by atoms with Crippen molar-refractivity contribution >= 4 is 14.1 Å². The molecular formula is C24H34N2OSi-. The van der Waals surface area contributed by atoms with Gasteiger partial charge in [0.15, 0.2) is 0 Å². The highest BCUT2D eigenvalue weighted by Gasteiger charge is 2.32. The number of anilines is 1. The Morgan fingerprint density at radius 2 is 1.75 bits per heavy atom. The second kappa shape index (κ2) is 7.31. The molecule has 1 atom stereocenters. The van der Waals surface area contributed by atoms with Gasteiger partial charge in [0.05, 0.1) is 0 Å². The van der Waals surface area contributed by atoms with Crippen molar-refractivity contribution in [2.24, 2.45) is 0 Å². The Morgan fingerprint density at radius 1 is 1.04 bits per heavy atom. The third-order valence-electron chi connectivity index (χ3n) is 6.94. The lowest BCUT2D eigenvalue weighted by molar-refractivity contribution is 0.185. The fourth-order valence-corrected chi connectivity index (χ4v) is 5.62. The summed E-state index contributed by atoms with van der Waals surface area (Å²) in [5.41, 5.74) is 5.52. The van der Waals surface area contributed by atoms with Crippen molar-refractivity contribution in [2.75, 3.05) is 18.0 Å². The minimum Gasteiger partial charge on any atom is -0.559 e. The van der Waals surface area contributed by atoms with E-state index in [9.17, 15) is 0 Å². The van der Waals surface area contributed by atoms with Gasteiger partial charge in [-0.2, -0.15) is 0 Å². The van der Waals surface area contributed by atoms with Gasteiger partial charge < -0.3 is 9.33 Å². The maximum atomic E-state index is 6.82. The molecule has 151 valence electrons. The molecular weight excluding hydrogens is 360 g/mol. The van der Waals surface area contributed by atoms with Gasteiger partial charge in [-0.05, 0) is 62.8 Å². The zero-order valence-electron chi connectivity index (χ0n) is 18.1. The Bertz CT molecular complexity index is 850. The third kappa shape index (κ3) is 3.53. The number of rotatable bonds is 4. The predicted molar refractivity (Wildman–Crippen MR) is 120 cm³/mol. The zero-order valence-corrected chi connectivity index (χ0v) is 19.1. The first-order valence-corrected chi connectivity index (χ1v) is 13.7. The van der Waals surface area contributed by atoms with E-state index in [2.05, 4.69) is 69.1 Å². The lowest BCUT2D eigenvalue weighted by Gasteiger charge is -2.50. The van der Waals surface area contributed by atoms with E-state index in [0.29, 0.717) is 0 Å². The molecule has 0 saturated carbocycles. The van der Waals surface area contributed by atoms with Crippen LogP contribution < -0.4 is 4.90 Å². The summed E-state index contributed by atoms with van der Waals surface area (Å²) in [5.74, 6) is 1.15. The van der Waals surface area contributed by atoms with Crippen LogP contribution in [0.3, 0.4) is 0 Å². The normalized spacial score (nSPS) is 19.9. The summed E-state index contributed by atoms with van der Waals surface area (Å²) in [5, 5.41) is 0.236. The van der Waals surface area contributed by atoms with Gasteiger partial charge in [0, 0.05) is 31.0 Å². The van der Waals surface area contributed by atoms with E-state index in [1.807, 2.05) is 6.20 Å². The molecule has 4 rings (SSSR count). The topological polar surface area (TPSA) is 25.4 Å². The van der Waals surface area contributed by atoms with E-state index in [4.69, 9.17) is 9.41 Å². The molecule has 1 fully saturated rings. The highest BCUT2D eigenvalue weighted by Crippen LogP contribution is 2.46. The Kier molecular flexibility index (Phi) is 5.13. The molecule has 4 heteroatoms. The fraction of sp³-hybridized carbons (Fsp3) is 0.542. The smallest absolute Gasteiger partial charge is 0.136 e. The minimum atomic E-state index is -1.79. The summed E-state index contributed by atoms with van der Waals surface area (Å²) in [6.07, 6.45) is 6.90. The molecule has 0 N–H and O–H groups in total. The lowest BCUT2D eigenvalue weighted by Crippen LogP contribution is -2.41. The van der Waals surface area contributed by atoms with Gasteiger partial charge in [0.1, 0.15) is 5.82 Å². The number of aromatic nitrogens is 1. The molecule has 3 nitrogen and oxygen atoms in total. The average molecular weight is 395 g/mol. The maximum Gasteiger partial charge on any atom is 0.136 e. The van der Waals surface area contributed by atoms with Crippen LogP contribution in [0.5, 0.6) is 0 Å². The molecule has 2 heterocycles. The van der Waals surface area contributed by atoms with Gasteiger partial charge in [-0.25, -0.2) is 4.98 Å². The monoisotopic (exact) mass is 394 g/mol. The standard InChI is InChI=1S/C24H34N2OSi/c1-24(2,3)28(4,5)27-22-14-13-19-18(10-8-11-20(19)22)21-12-9-15-25-23(21)26-16-6-7-17-26/h8-12,15,22H,6-7,13-14,16-17H2,1-5H3/q-1/t22-/m0/s1. The number of pyridine rings is 1. The van der Waals surface area contributed by atoms with Crippen LogP contribution in [-0.2, 0) is 10.8 Å². The second-order valence-corrected chi connectivity index (χ2v) is 14.6. The summed E-state index contributed by atoms with van der Waals surface area (Å²) >= 11 is 0. The number of fused-ring (bicyclic) bond motifs is 1. The average Bonchev–Trinajstić information content (AvgIpc) is 3.31. The van der Waals surface area contributed by atoms with Gasteiger partial charge >= 0.3 is 0 Å². The molecule has 2 aliphatic rings. The number of hydrogen-bond acceptors (Lipinski definition) is 3. The zero-order chi connectivity index (χ0) is 19.9. The van der Waals surface area contributed by atoms with Crippen LogP contribution in [0.4, 0.5) is 5.82 Å². The van der Waals surface area contributed by atoms with E-state index < -0.39 is 8.32 Å². The third-order valence-corrected chi connectivity index (χ3v) is 11.4. The van der Waals surface area contributed by atoms with Gasteiger partial charge in [-0.1, -0.05) is 39.0 Å². The van der Waals surface area contributed by atoms with Gasteiger partial charge in [0.2, 0.25) is 0 Å². The summed E-state index contributed by atoms with van der Waals surface area (Å²) in [6, 6.07) is 11.1. The Labute approximate surface area is 171 Å². The number of hydrogen-bond donors (Lipinski definition) is 0. The minimum absolute atomic E-state index is 0.236. The lowest BCUT2D eigenvalue weighted by atomic mass is 9.97. The fourth-order valence-electron chi connectivity index (χ4n) is 4.31. The first-order chi connectivity index (χ1) is 13.3. The summed E-state index contributed by atoms with van der Waals surface area (Å²) < 4.78 is 6.82. The van der Waals surface area contributed by atoms with Crippen molar-refractivity contribution in [1.29, 1.82) is 0 Å². The maximum absolute atomic E-state index is 6.82. The number of nitrogens with zero attached hydrogens (tertiary/aromatic N) is 2. The van der Waals surface area contributed by atoms with Crippen molar-refractivity contribution < 1.29 is 4.43 Å². The van der Waals surface area contributed by atoms with E-state index in [1.54, 1.807) is 0 Å². The molecule has 0 unspecified atom stereocenters. The Morgan fingerprint density at radius 3 is 2.46 bits per heavy atom. The molecule has 1 saturated heterocycles. The number of benzene rings is 1. The first-order valence-electron chi connectivity index (χ1n) is 10.8. The molecule has 0 bridgehead atoms. The van der Waals surface area contributed by atoms with Crippen molar-refractivity contribution in [2.45, 2.75) is 70.7 Å². The Balaban J connectivity index is 1.70. The summed E-state index contributed by atoms with van der Waals surface area (Å²) in [4.78, 5) is 7.23. The quantitative estimate of drug-likeness (QED) is 0.564. The molecule has 2 aromatic rings. The second-order valence-electron chi connectivity index (χ2n) is 9.85. The predicted octanol–water partition coefficient (Wildman–Crippen LogP) is 6.36. The molecule has 1 aliphatic heterocycles. The van der Waals surface area contributed by atoms with E-state index in [0.717, 1.165) is 31.7 Å².